The van der Waals surface area contributed by atoms with Gasteiger partial charge in [0.05, 0.1) is 12.8 Å². The number of hydrogen-bond donors (Lipinski definition) is 3. The second-order valence-corrected chi connectivity index (χ2v) is 6.42. The Morgan fingerprint density at radius 2 is 1.88 bits per heavy atom. The summed E-state index contributed by atoms with van der Waals surface area (Å²) in [5, 5.41) is 9.11. The van der Waals surface area contributed by atoms with Gasteiger partial charge in [-0.25, -0.2) is 4.79 Å². The highest BCUT2D eigenvalue weighted by Crippen LogP contribution is 2.25. The summed E-state index contributed by atoms with van der Waals surface area (Å²) < 4.78 is 5.29. The smallest absolute Gasteiger partial charge is 0.323 e. The summed E-state index contributed by atoms with van der Waals surface area (Å²) in [6, 6.07) is 13.3. The van der Waals surface area contributed by atoms with Crippen LogP contribution in [0.3, 0.4) is 0 Å². The van der Waals surface area contributed by atoms with Crippen LogP contribution in [0.25, 0.3) is 0 Å². The van der Waals surface area contributed by atoms with Gasteiger partial charge < -0.3 is 25.6 Å². The molecule has 0 unspecified atom stereocenters. The molecule has 0 aromatic heterocycles. The predicted molar refractivity (Wildman–Crippen MR) is 107 cm³/mol. The molecule has 6 nitrogen and oxygen atoms in total. The van der Waals surface area contributed by atoms with Crippen LogP contribution >= 0.6 is 0 Å². The first-order valence-electron chi connectivity index (χ1n) is 8.94. The van der Waals surface area contributed by atoms with E-state index in [9.17, 15) is 4.79 Å². The Balaban J connectivity index is 1.62. The SMILES string of the molecule is COc1ccc(C)cc1NC(=O)Nc1ccc(N2CCCNCC2)cc1. The standard InChI is InChI=1S/C20H26N4O2/c1-15-4-9-19(26-2)18(14-15)23-20(25)22-16-5-7-17(8-6-16)24-12-3-10-21-11-13-24/h4-9,14,21H,3,10-13H2,1-2H3,(H2,22,23,25). The van der Waals surface area contributed by atoms with Gasteiger partial charge >= 0.3 is 6.03 Å². The van der Waals surface area contributed by atoms with Crippen LogP contribution in [0.1, 0.15) is 12.0 Å². The summed E-state index contributed by atoms with van der Waals surface area (Å²) in [7, 11) is 1.59. The number of anilines is 3. The van der Waals surface area contributed by atoms with E-state index in [0.717, 1.165) is 43.9 Å². The molecule has 138 valence electrons. The molecule has 2 aromatic rings. The van der Waals surface area contributed by atoms with Crippen molar-refractivity contribution >= 4 is 23.1 Å². The highest BCUT2D eigenvalue weighted by Gasteiger charge is 2.11. The lowest BCUT2D eigenvalue weighted by molar-refractivity contribution is 0.262. The van der Waals surface area contributed by atoms with E-state index in [-0.39, 0.29) is 6.03 Å². The van der Waals surface area contributed by atoms with Gasteiger partial charge in [0.1, 0.15) is 5.75 Å². The molecule has 0 spiro atoms. The first-order chi connectivity index (χ1) is 12.7. The average molecular weight is 354 g/mol. The predicted octanol–water partition coefficient (Wildman–Crippen LogP) is 3.45. The number of ether oxygens (including phenoxy) is 1. The number of aryl methyl sites for hydroxylation is 1. The number of methoxy groups -OCH3 is 1. The third-order valence-electron chi connectivity index (χ3n) is 4.43. The van der Waals surface area contributed by atoms with Crippen molar-refractivity contribution in [1.82, 2.24) is 5.32 Å². The van der Waals surface area contributed by atoms with Crippen LogP contribution in [0.4, 0.5) is 21.9 Å². The van der Waals surface area contributed by atoms with Gasteiger partial charge in [-0.2, -0.15) is 0 Å². The molecular formula is C20H26N4O2. The van der Waals surface area contributed by atoms with Gasteiger partial charge in [0.15, 0.2) is 0 Å². The van der Waals surface area contributed by atoms with E-state index in [1.165, 1.54) is 5.69 Å². The molecule has 1 aliphatic heterocycles. The third-order valence-corrected chi connectivity index (χ3v) is 4.43. The number of rotatable bonds is 4. The van der Waals surface area contributed by atoms with Crippen LogP contribution in [0.15, 0.2) is 42.5 Å². The van der Waals surface area contributed by atoms with Crippen molar-refractivity contribution in [2.75, 3.05) is 48.8 Å². The van der Waals surface area contributed by atoms with Crippen molar-refractivity contribution in [3.8, 4) is 5.75 Å². The van der Waals surface area contributed by atoms with Crippen LogP contribution in [-0.4, -0.2) is 39.3 Å². The molecule has 1 heterocycles. The van der Waals surface area contributed by atoms with Gasteiger partial charge in [-0.3, -0.25) is 0 Å². The lowest BCUT2D eigenvalue weighted by Gasteiger charge is -2.22. The second kappa shape index (κ2) is 8.58. The Kier molecular flexibility index (Phi) is 5.96. The first kappa shape index (κ1) is 18.1. The molecule has 0 bridgehead atoms. The maximum Gasteiger partial charge on any atom is 0.323 e. The Bertz CT molecular complexity index is 738. The Morgan fingerprint density at radius 1 is 1.08 bits per heavy atom. The number of benzene rings is 2. The van der Waals surface area contributed by atoms with E-state index >= 15 is 0 Å². The van der Waals surface area contributed by atoms with Gasteiger partial charge in [0.2, 0.25) is 0 Å². The highest BCUT2D eigenvalue weighted by atomic mass is 16.5. The lowest BCUT2D eigenvalue weighted by atomic mass is 10.2. The molecule has 2 aromatic carbocycles. The van der Waals surface area contributed by atoms with Gasteiger partial charge in [-0.15, -0.1) is 0 Å². The monoisotopic (exact) mass is 354 g/mol. The van der Waals surface area contributed by atoms with E-state index in [0.29, 0.717) is 11.4 Å². The quantitative estimate of drug-likeness (QED) is 0.787. The molecule has 0 atom stereocenters. The van der Waals surface area contributed by atoms with E-state index in [4.69, 9.17) is 4.74 Å². The molecule has 1 aliphatic rings. The summed E-state index contributed by atoms with van der Waals surface area (Å²) >= 11 is 0. The summed E-state index contributed by atoms with van der Waals surface area (Å²) in [6.45, 7) is 6.09. The fourth-order valence-corrected chi connectivity index (χ4v) is 3.06. The number of nitrogens with one attached hydrogen (secondary N) is 3. The van der Waals surface area contributed by atoms with Crippen molar-refractivity contribution in [3.63, 3.8) is 0 Å². The van der Waals surface area contributed by atoms with Crippen molar-refractivity contribution in [3.05, 3.63) is 48.0 Å². The van der Waals surface area contributed by atoms with Crippen LogP contribution in [0.5, 0.6) is 5.75 Å². The van der Waals surface area contributed by atoms with Gasteiger partial charge in [-0.1, -0.05) is 6.07 Å². The molecule has 0 saturated carbocycles. The highest BCUT2D eigenvalue weighted by molar-refractivity contribution is 6.00. The summed E-state index contributed by atoms with van der Waals surface area (Å²) in [4.78, 5) is 14.7. The van der Waals surface area contributed by atoms with Crippen molar-refractivity contribution < 1.29 is 9.53 Å². The van der Waals surface area contributed by atoms with Crippen molar-refractivity contribution in [2.24, 2.45) is 0 Å². The molecule has 2 amide bonds. The molecule has 0 radical (unpaired) electrons. The zero-order chi connectivity index (χ0) is 18.4. The number of nitrogens with zero attached hydrogens (tertiary/aromatic N) is 1. The maximum absolute atomic E-state index is 12.3. The molecule has 6 heteroatoms. The Labute approximate surface area is 154 Å². The van der Waals surface area contributed by atoms with E-state index in [2.05, 4.69) is 20.9 Å². The van der Waals surface area contributed by atoms with Crippen molar-refractivity contribution in [2.45, 2.75) is 13.3 Å². The average Bonchev–Trinajstić information content (AvgIpc) is 2.92. The van der Waals surface area contributed by atoms with Gasteiger partial charge in [-0.05, 0) is 61.9 Å². The zero-order valence-corrected chi connectivity index (χ0v) is 15.3. The number of carbonyl (C=O) groups is 1. The fraction of sp³-hybridized carbons (Fsp3) is 0.350. The molecule has 3 N–H and O–H groups in total. The molecule has 26 heavy (non-hydrogen) atoms. The minimum atomic E-state index is -0.291. The Hall–Kier alpha value is -2.73. The lowest BCUT2D eigenvalue weighted by Crippen LogP contribution is -2.27. The zero-order valence-electron chi connectivity index (χ0n) is 15.3. The number of amides is 2. The maximum atomic E-state index is 12.3. The van der Waals surface area contributed by atoms with Crippen molar-refractivity contribution in [1.29, 1.82) is 0 Å². The number of hydrogen-bond acceptors (Lipinski definition) is 4. The van der Waals surface area contributed by atoms with E-state index in [1.807, 2.05) is 49.4 Å². The Morgan fingerprint density at radius 3 is 2.65 bits per heavy atom. The van der Waals surface area contributed by atoms with E-state index in [1.54, 1.807) is 7.11 Å². The molecular weight excluding hydrogens is 328 g/mol. The summed E-state index contributed by atoms with van der Waals surface area (Å²) in [5.74, 6) is 0.635. The number of urea groups is 1. The number of carbonyl (C=O) groups excluding carboxylic acids is 1. The topological polar surface area (TPSA) is 65.6 Å². The molecule has 3 rings (SSSR count). The fourth-order valence-electron chi connectivity index (χ4n) is 3.06. The van der Waals surface area contributed by atoms with Crippen LogP contribution in [0.2, 0.25) is 0 Å². The second-order valence-electron chi connectivity index (χ2n) is 6.42. The molecule has 1 saturated heterocycles. The normalized spacial score (nSPS) is 14.5. The van der Waals surface area contributed by atoms with Crippen LogP contribution < -0.4 is 25.6 Å². The largest absolute Gasteiger partial charge is 0.495 e. The van der Waals surface area contributed by atoms with E-state index < -0.39 is 0 Å². The van der Waals surface area contributed by atoms with Crippen LogP contribution in [-0.2, 0) is 0 Å². The minimum absolute atomic E-state index is 0.291. The third kappa shape index (κ3) is 4.67. The minimum Gasteiger partial charge on any atom is -0.495 e. The summed E-state index contributed by atoms with van der Waals surface area (Å²) in [6.07, 6.45) is 1.14. The summed E-state index contributed by atoms with van der Waals surface area (Å²) in [5.41, 5.74) is 3.64. The first-order valence-corrected chi connectivity index (χ1v) is 8.94. The van der Waals surface area contributed by atoms with Gasteiger partial charge in [0, 0.05) is 31.0 Å². The van der Waals surface area contributed by atoms with Gasteiger partial charge in [0.25, 0.3) is 0 Å². The molecule has 1 fully saturated rings. The molecule has 0 aliphatic carbocycles. The van der Waals surface area contributed by atoms with Crippen LogP contribution in [0, 0.1) is 6.92 Å².